The molecule has 22 heavy (non-hydrogen) atoms. The number of ether oxygens (including phenoxy) is 2. The summed E-state index contributed by atoms with van der Waals surface area (Å²) < 4.78 is 16.5. The summed E-state index contributed by atoms with van der Waals surface area (Å²) in [6.45, 7) is 0.646. The second-order valence-electron chi connectivity index (χ2n) is 4.97. The highest BCUT2D eigenvalue weighted by atomic mass is 35.5. The summed E-state index contributed by atoms with van der Waals surface area (Å²) in [5.74, 6) is 1.40. The number of halogens is 2. The minimum absolute atomic E-state index is 0.0597. The molecule has 2 N–H and O–H groups in total. The van der Waals surface area contributed by atoms with Crippen LogP contribution in [0.25, 0.3) is 0 Å². The molecule has 0 aliphatic carbocycles. The highest BCUT2D eigenvalue weighted by molar-refractivity contribution is 6.35. The Morgan fingerprint density at radius 1 is 1.32 bits per heavy atom. The lowest BCUT2D eigenvalue weighted by atomic mass is 10.2. The minimum atomic E-state index is -0.186. The molecule has 2 atom stereocenters. The summed E-state index contributed by atoms with van der Waals surface area (Å²) in [6.07, 6.45) is 1.60. The van der Waals surface area contributed by atoms with Crippen molar-refractivity contribution in [2.75, 3.05) is 6.54 Å². The molecule has 1 aromatic heterocycles. The summed E-state index contributed by atoms with van der Waals surface area (Å²) in [5.41, 5.74) is 5.58. The van der Waals surface area contributed by atoms with E-state index in [1.807, 2.05) is 0 Å². The van der Waals surface area contributed by atoms with E-state index in [0.29, 0.717) is 34.1 Å². The first-order chi connectivity index (χ1) is 10.7. The predicted octanol–water partition coefficient (Wildman–Crippen LogP) is 3.13. The van der Waals surface area contributed by atoms with Gasteiger partial charge in [-0.1, -0.05) is 28.4 Å². The molecular weight excluding hydrogens is 329 g/mol. The van der Waals surface area contributed by atoms with Gasteiger partial charge in [-0.25, -0.2) is 0 Å². The molecule has 0 radical (unpaired) electrons. The molecule has 0 bridgehead atoms. The van der Waals surface area contributed by atoms with Crippen LogP contribution >= 0.6 is 23.2 Å². The third-order valence-corrected chi connectivity index (χ3v) is 3.91. The van der Waals surface area contributed by atoms with Crippen molar-refractivity contribution in [3.05, 3.63) is 40.0 Å². The highest BCUT2D eigenvalue weighted by Crippen LogP contribution is 2.31. The number of rotatable bonds is 5. The lowest BCUT2D eigenvalue weighted by molar-refractivity contribution is 0.0307. The largest absolute Gasteiger partial charge is 0.484 e. The fourth-order valence-electron chi connectivity index (χ4n) is 2.25. The molecule has 3 rings (SSSR count). The number of nitrogens with two attached hydrogens (primary N) is 1. The van der Waals surface area contributed by atoms with Gasteiger partial charge in [0, 0.05) is 11.6 Å². The summed E-state index contributed by atoms with van der Waals surface area (Å²) in [7, 11) is 0. The zero-order valence-corrected chi connectivity index (χ0v) is 13.2. The first kappa shape index (κ1) is 15.6. The van der Waals surface area contributed by atoms with E-state index in [4.69, 9.17) is 42.9 Å². The van der Waals surface area contributed by atoms with Gasteiger partial charge in [-0.2, -0.15) is 4.98 Å². The van der Waals surface area contributed by atoms with E-state index in [1.54, 1.807) is 18.2 Å². The molecule has 118 valence electrons. The molecule has 2 aromatic rings. The SMILES string of the molecule is NC[C@H]1CC[C@@H](c2nc(COc3ccc(Cl)cc3Cl)no2)O1. The van der Waals surface area contributed by atoms with Gasteiger partial charge in [0.05, 0.1) is 11.1 Å². The van der Waals surface area contributed by atoms with Crippen molar-refractivity contribution in [1.29, 1.82) is 0 Å². The molecule has 1 fully saturated rings. The molecule has 1 aliphatic rings. The normalized spacial score (nSPS) is 21.2. The molecule has 1 aliphatic heterocycles. The van der Waals surface area contributed by atoms with Crippen molar-refractivity contribution in [3.8, 4) is 5.75 Å². The van der Waals surface area contributed by atoms with Gasteiger partial charge in [0.1, 0.15) is 11.9 Å². The van der Waals surface area contributed by atoms with Crippen molar-refractivity contribution in [3.63, 3.8) is 0 Å². The third-order valence-electron chi connectivity index (χ3n) is 3.38. The van der Waals surface area contributed by atoms with E-state index >= 15 is 0 Å². The van der Waals surface area contributed by atoms with Crippen LogP contribution in [0.1, 0.15) is 30.7 Å². The van der Waals surface area contributed by atoms with Gasteiger partial charge in [0.25, 0.3) is 5.89 Å². The van der Waals surface area contributed by atoms with Crippen LogP contribution in [0.5, 0.6) is 5.75 Å². The molecule has 1 aromatic carbocycles. The molecule has 6 nitrogen and oxygen atoms in total. The van der Waals surface area contributed by atoms with E-state index in [9.17, 15) is 0 Å². The molecule has 0 amide bonds. The van der Waals surface area contributed by atoms with E-state index in [2.05, 4.69) is 10.1 Å². The number of hydrogen-bond donors (Lipinski definition) is 1. The molecular formula is C14H15Cl2N3O3. The van der Waals surface area contributed by atoms with Crippen molar-refractivity contribution in [2.24, 2.45) is 5.73 Å². The Morgan fingerprint density at radius 3 is 2.91 bits per heavy atom. The molecule has 0 spiro atoms. The smallest absolute Gasteiger partial charge is 0.255 e. The van der Waals surface area contributed by atoms with Crippen LogP contribution in [0.15, 0.2) is 22.7 Å². The second-order valence-corrected chi connectivity index (χ2v) is 5.82. The number of hydrogen-bond acceptors (Lipinski definition) is 6. The summed E-state index contributed by atoms with van der Waals surface area (Å²) in [4.78, 5) is 4.29. The maximum atomic E-state index is 6.03. The van der Waals surface area contributed by atoms with E-state index in [0.717, 1.165) is 12.8 Å². The molecule has 8 heteroatoms. The van der Waals surface area contributed by atoms with Gasteiger partial charge >= 0.3 is 0 Å². The van der Waals surface area contributed by atoms with Crippen molar-refractivity contribution in [1.82, 2.24) is 10.1 Å². The van der Waals surface area contributed by atoms with Gasteiger partial charge < -0.3 is 19.7 Å². The van der Waals surface area contributed by atoms with Crippen LogP contribution in [0.3, 0.4) is 0 Å². The van der Waals surface area contributed by atoms with Crippen LogP contribution in [-0.2, 0) is 11.3 Å². The Balaban J connectivity index is 1.60. The first-order valence-corrected chi connectivity index (χ1v) is 7.67. The monoisotopic (exact) mass is 343 g/mol. The van der Waals surface area contributed by atoms with E-state index in [1.165, 1.54) is 0 Å². The summed E-state index contributed by atoms with van der Waals surface area (Å²) >= 11 is 11.9. The first-order valence-electron chi connectivity index (χ1n) is 6.91. The third kappa shape index (κ3) is 3.52. The lowest BCUT2D eigenvalue weighted by Crippen LogP contribution is -2.18. The summed E-state index contributed by atoms with van der Waals surface area (Å²) in [5, 5.41) is 4.86. The number of benzene rings is 1. The quantitative estimate of drug-likeness (QED) is 0.897. The maximum Gasteiger partial charge on any atom is 0.255 e. The van der Waals surface area contributed by atoms with Crippen LogP contribution < -0.4 is 10.5 Å². The zero-order chi connectivity index (χ0) is 15.5. The standard InChI is InChI=1S/C14H15Cl2N3O3/c15-8-1-3-11(10(16)5-8)20-7-13-18-14(22-19-13)12-4-2-9(6-17)21-12/h1,3,5,9,12H,2,4,6-7,17H2/t9-,12+/m1/s1. The topological polar surface area (TPSA) is 83.4 Å². The molecule has 2 heterocycles. The van der Waals surface area contributed by atoms with Gasteiger partial charge in [-0.15, -0.1) is 0 Å². The van der Waals surface area contributed by atoms with Crippen molar-refractivity contribution in [2.45, 2.75) is 31.7 Å². The second kappa shape index (κ2) is 6.83. The molecule has 1 saturated heterocycles. The van der Waals surface area contributed by atoms with E-state index < -0.39 is 0 Å². The highest BCUT2D eigenvalue weighted by Gasteiger charge is 2.29. The Bertz CT molecular complexity index is 650. The molecule has 0 unspecified atom stereocenters. The Morgan fingerprint density at radius 2 is 2.18 bits per heavy atom. The van der Waals surface area contributed by atoms with Gasteiger partial charge in [0.15, 0.2) is 6.61 Å². The van der Waals surface area contributed by atoms with Gasteiger partial charge in [-0.05, 0) is 31.0 Å². The Kier molecular flexibility index (Phi) is 4.83. The van der Waals surface area contributed by atoms with Crippen molar-refractivity contribution < 1.29 is 14.0 Å². The van der Waals surface area contributed by atoms with E-state index in [-0.39, 0.29) is 18.8 Å². The zero-order valence-electron chi connectivity index (χ0n) is 11.7. The maximum absolute atomic E-state index is 6.03. The molecule has 0 saturated carbocycles. The van der Waals surface area contributed by atoms with Crippen LogP contribution in [0, 0.1) is 0 Å². The average molecular weight is 344 g/mol. The number of nitrogens with zero attached hydrogens (tertiary/aromatic N) is 2. The van der Waals surface area contributed by atoms with Crippen LogP contribution in [0.2, 0.25) is 10.0 Å². The summed E-state index contributed by atoms with van der Waals surface area (Å²) in [6, 6.07) is 5.00. The lowest BCUT2D eigenvalue weighted by Gasteiger charge is -2.07. The average Bonchev–Trinajstić information content (AvgIpc) is 3.15. The number of aromatic nitrogens is 2. The Hall–Kier alpha value is -1.34. The Labute approximate surface area is 137 Å². The van der Waals surface area contributed by atoms with Crippen LogP contribution in [0.4, 0.5) is 0 Å². The van der Waals surface area contributed by atoms with Gasteiger partial charge in [0.2, 0.25) is 5.82 Å². The predicted molar refractivity (Wildman–Crippen MR) is 81.0 cm³/mol. The van der Waals surface area contributed by atoms with Gasteiger partial charge in [-0.3, -0.25) is 0 Å². The van der Waals surface area contributed by atoms with Crippen LogP contribution in [-0.4, -0.2) is 22.8 Å². The minimum Gasteiger partial charge on any atom is -0.484 e. The van der Waals surface area contributed by atoms with Crippen molar-refractivity contribution >= 4 is 23.2 Å². The fraction of sp³-hybridized carbons (Fsp3) is 0.429. The fourth-order valence-corrected chi connectivity index (χ4v) is 2.72.